The Hall–Kier alpha value is -2.90. The molecule has 0 saturated carbocycles. The zero-order chi connectivity index (χ0) is 15.6. The van der Waals surface area contributed by atoms with E-state index in [-0.39, 0.29) is 0 Å². The van der Waals surface area contributed by atoms with E-state index in [0.29, 0.717) is 17.6 Å². The average Bonchev–Trinajstić information content (AvgIpc) is 2.40. The van der Waals surface area contributed by atoms with Crippen molar-refractivity contribution in [1.82, 2.24) is 9.55 Å². The number of halogens is 1. The molecule has 8 heteroatoms. The Morgan fingerprint density at radius 2 is 2.14 bits per heavy atom. The number of hydrogen-bond acceptors (Lipinski definition) is 4. The highest BCUT2D eigenvalue weighted by molar-refractivity contribution is 5.91. The Labute approximate surface area is 118 Å². The van der Waals surface area contributed by atoms with E-state index in [9.17, 15) is 18.8 Å². The van der Waals surface area contributed by atoms with Crippen LogP contribution < -0.4 is 22.3 Å². The van der Waals surface area contributed by atoms with E-state index < -0.39 is 29.5 Å². The largest absolute Gasteiger partial charge is 0.398 e. The minimum absolute atomic E-state index is 0.430. The number of carbonyl (C=O) groups excluding carboxylic acids is 1. The second-order valence-electron chi connectivity index (χ2n) is 4.48. The molecular formula is C13H13FN4O3. The van der Waals surface area contributed by atoms with Crippen molar-refractivity contribution >= 4 is 17.3 Å². The summed E-state index contributed by atoms with van der Waals surface area (Å²) in [6, 6.07) is 4.96. The van der Waals surface area contributed by atoms with Crippen LogP contribution >= 0.6 is 0 Å². The van der Waals surface area contributed by atoms with Crippen LogP contribution in [0.15, 0.2) is 34.0 Å². The van der Waals surface area contributed by atoms with Crippen molar-refractivity contribution in [1.29, 1.82) is 0 Å². The number of nitrogens with two attached hydrogens (primary N) is 1. The first-order valence-electron chi connectivity index (χ1n) is 6.02. The third kappa shape index (κ3) is 3.35. The number of aryl methyl sites for hydroxylation is 1. The summed E-state index contributed by atoms with van der Waals surface area (Å²) in [6.45, 7) is 1.39. The van der Waals surface area contributed by atoms with Crippen LogP contribution in [0.4, 0.5) is 15.8 Å². The molecule has 4 N–H and O–H groups in total. The minimum atomic E-state index is -1.14. The average molecular weight is 292 g/mol. The SMILES string of the molecule is Cc1ccc(NC(=O)Cn2cc(F)c(=O)[nH]c2=O)cc1N. The van der Waals surface area contributed by atoms with Crippen molar-refractivity contribution < 1.29 is 9.18 Å². The lowest BCUT2D eigenvalue weighted by molar-refractivity contribution is -0.116. The van der Waals surface area contributed by atoms with Gasteiger partial charge in [-0.2, -0.15) is 4.39 Å². The normalized spacial score (nSPS) is 10.4. The van der Waals surface area contributed by atoms with Gasteiger partial charge in [-0.25, -0.2) is 4.79 Å². The molecule has 0 fully saturated rings. The van der Waals surface area contributed by atoms with Crippen LogP contribution in [0.1, 0.15) is 5.56 Å². The van der Waals surface area contributed by atoms with Crippen LogP contribution in [0.25, 0.3) is 0 Å². The second-order valence-corrected chi connectivity index (χ2v) is 4.48. The first-order valence-corrected chi connectivity index (χ1v) is 6.02. The number of H-pyrrole nitrogens is 1. The van der Waals surface area contributed by atoms with Gasteiger partial charge in [0.1, 0.15) is 6.54 Å². The van der Waals surface area contributed by atoms with Crippen molar-refractivity contribution in [2.45, 2.75) is 13.5 Å². The number of rotatable bonds is 3. The summed E-state index contributed by atoms with van der Waals surface area (Å²) in [5.74, 6) is -1.69. The molecule has 1 aromatic heterocycles. The molecule has 0 aliphatic carbocycles. The molecule has 0 radical (unpaired) electrons. The van der Waals surface area contributed by atoms with Crippen LogP contribution in [0.3, 0.4) is 0 Å². The fraction of sp³-hybridized carbons (Fsp3) is 0.154. The van der Waals surface area contributed by atoms with Crippen molar-refractivity contribution in [2.24, 2.45) is 0 Å². The molecule has 1 heterocycles. The van der Waals surface area contributed by atoms with Crippen molar-refractivity contribution in [3.63, 3.8) is 0 Å². The molecule has 7 nitrogen and oxygen atoms in total. The summed E-state index contributed by atoms with van der Waals surface area (Å²) in [5, 5.41) is 2.53. The van der Waals surface area contributed by atoms with E-state index in [2.05, 4.69) is 5.32 Å². The third-order valence-electron chi connectivity index (χ3n) is 2.84. The number of anilines is 2. The van der Waals surface area contributed by atoms with Crippen LogP contribution in [0, 0.1) is 12.7 Å². The maximum Gasteiger partial charge on any atom is 0.328 e. The summed E-state index contributed by atoms with van der Waals surface area (Å²) in [4.78, 5) is 35.9. The summed E-state index contributed by atoms with van der Waals surface area (Å²) >= 11 is 0. The molecule has 0 bridgehead atoms. The zero-order valence-electron chi connectivity index (χ0n) is 11.1. The molecule has 1 aromatic carbocycles. The summed E-state index contributed by atoms with van der Waals surface area (Å²) in [7, 11) is 0. The van der Waals surface area contributed by atoms with Gasteiger partial charge in [0.25, 0.3) is 5.56 Å². The predicted molar refractivity (Wildman–Crippen MR) is 75.5 cm³/mol. The Balaban J connectivity index is 2.15. The summed E-state index contributed by atoms with van der Waals surface area (Å²) < 4.78 is 13.8. The van der Waals surface area contributed by atoms with Gasteiger partial charge in [-0.15, -0.1) is 0 Å². The van der Waals surface area contributed by atoms with Gasteiger partial charge in [0, 0.05) is 11.4 Å². The number of nitrogen functional groups attached to an aromatic ring is 1. The van der Waals surface area contributed by atoms with E-state index in [1.165, 1.54) is 0 Å². The fourth-order valence-corrected chi connectivity index (χ4v) is 1.67. The van der Waals surface area contributed by atoms with Crippen LogP contribution in [-0.2, 0) is 11.3 Å². The predicted octanol–water partition coefficient (Wildman–Crippen LogP) is 0.205. The number of nitrogens with one attached hydrogen (secondary N) is 2. The molecule has 21 heavy (non-hydrogen) atoms. The lowest BCUT2D eigenvalue weighted by Crippen LogP contribution is -2.34. The molecule has 0 spiro atoms. The zero-order valence-corrected chi connectivity index (χ0v) is 11.1. The van der Waals surface area contributed by atoms with Gasteiger partial charge in [0.2, 0.25) is 11.7 Å². The summed E-state index contributed by atoms with van der Waals surface area (Å²) in [6.07, 6.45) is 0.685. The Bertz CT molecular complexity index is 810. The highest BCUT2D eigenvalue weighted by Gasteiger charge is 2.09. The summed E-state index contributed by atoms with van der Waals surface area (Å²) in [5.41, 5.74) is 5.57. The monoisotopic (exact) mass is 292 g/mol. The second kappa shape index (κ2) is 5.61. The highest BCUT2D eigenvalue weighted by Crippen LogP contribution is 2.16. The van der Waals surface area contributed by atoms with Crippen LogP contribution in [0.2, 0.25) is 0 Å². The number of amides is 1. The smallest absolute Gasteiger partial charge is 0.328 e. The lowest BCUT2D eigenvalue weighted by atomic mass is 10.2. The quantitative estimate of drug-likeness (QED) is 0.702. The van der Waals surface area contributed by atoms with E-state index in [0.717, 1.165) is 10.1 Å². The van der Waals surface area contributed by atoms with Crippen molar-refractivity contribution in [2.75, 3.05) is 11.1 Å². The fourth-order valence-electron chi connectivity index (χ4n) is 1.67. The standard InChI is InChI=1S/C13H13FN4O3/c1-7-2-3-8(4-10(7)15)16-11(19)6-18-5-9(14)12(20)17-13(18)21/h2-5H,6,15H2,1H3,(H,16,19)(H,17,20,21). The van der Waals surface area contributed by atoms with Gasteiger partial charge in [0.05, 0.1) is 6.20 Å². The highest BCUT2D eigenvalue weighted by atomic mass is 19.1. The maximum absolute atomic E-state index is 13.1. The number of aromatic amines is 1. The molecule has 1 amide bonds. The number of nitrogens with zero attached hydrogens (tertiary/aromatic N) is 1. The van der Waals surface area contributed by atoms with E-state index >= 15 is 0 Å². The molecule has 0 aliphatic heterocycles. The van der Waals surface area contributed by atoms with Gasteiger partial charge in [-0.1, -0.05) is 6.07 Å². The van der Waals surface area contributed by atoms with Crippen molar-refractivity contribution in [3.8, 4) is 0 Å². The molecule has 0 unspecified atom stereocenters. The molecule has 110 valence electrons. The number of carbonyl (C=O) groups is 1. The number of hydrogen-bond donors (Lipinski definition) is 3. The molecule has 0 aliphatic rings. The van der Waals surface area contributed by atoms with Gasteiger partial charge in [-0.05, 0) is 24.6 Å². The van der Waals surface area contributed by atoms with Gasteiger partial charge < -0.3 is 11.1 Å². The van der Waals surface area contributed by atoms with E-state index in [1.807, 2.05) is 6.92 Å². The number of aromatic nitrogens is 2. The van der Waals surface area contributed by atoms with Crippen LogP contribution in [-0.4, -0.2) is 15.5 Å². The Morgan fingerprint density at radius 1 is 1.43 bits per heavy atom. The molecule has 0 atom stereocenters. The number of benzene rings is 1. The third-order valence-corrected chi connectivity index (χ3v) is 2.84. The molecular weight excluding hydrogens is 279 g/mol. The minimum Gasteiger partial charge on any atom is -0.398 e. The Morgan fingerprint density at radius 3 is 2.81 bits per heavy atom. The molecule has 0 saturated heterocycles. The van der Waals surface area contributed by atoms with E-state index in [1.54, 1.807) is 23.2 Å². The van der Waals surface area contributed by atoms with Gasteiger partial charge >= 0.3 is 5.69 Å². The molecule has 2 aromatic rings. The first-order chi connectivity index (χ1) is 9.86. The lowest BCUT2D eigenvalue weighted by Gasteiger charge is -2.08. The van der Waals surface area contributed by atoms with Crippen molar-refractivity contribution in [3.05, 3.63) is 56.6 Å². The topological polar surface area (TPSA) is 110 Å². The molecule has 2 rings (SSSR count). The van der Waals surface area contributed by atoms with Gasteiger partial charge in [0.15, 0.2) is 0 Å². The van der Waals surface area contributed by atoms with Gasteiger partial charge in [-0.3, -0.25) is 19.1 Å². The van der Waals surface area contributed by atoms with E-state index in [4.69, 9.17) is 5.73 Å². The maximum atomic E-state index is 13.1. The Kier molecular flexibility index (Phi) is 3.88. The first kappa shape index (κ1) is 14.5. The van der Waals surface area contributed by atoms with Crippen LogP contribution in [0.5, 0.6) is 0 Å².